The van der Waals surface area contributed by atoms with Crippen LogP contribution in [-0.2, 0) is 25.0 Å². The number of nitrogens with zero attached hydrogens (tertiary/aromatic N) is 1. The van der Waals surface area contributed by atoms with Crippen molar-refractivity contribution in [3.63, 3.8) is 0 Å². The largest absolute Gasteiger partial charge is 0.490 e. The minimum atomic E-state index is -2.02. The number of carbonyl (C=O) groups is 1. The second-order valence-corrected chi connectivity index (χ2v) is 10.6. The van der Waals surface area contributed by atoms with Gasteiger partial charge in [0.15, 0.2) is 6.10 Å². The van der Waals surface area contributed by atoms with Gasteiger partial charge in [0.05, 0.1) is 13.2 Å². The minimum Gasteiger partial charge on any atom is -0.490 e. The van der Waals surface area contributed by atoms with Crippen LogP contribution in [0.3, 0.4) is 0 Å². The molecular weight excluding hydrogens is 477 g/mol. The number of hydrogen-bond acceptors (Lipinski definition) is 7. The molecule has 0 bridgehead atoms. The number of unbranched alkanes of at least 4 members (excludes halogenated alkanes) is 11. The predicted molar refractivity (Wildman–Crippen MR) is 147 cm³/mol. The Morgan fingerprint density at radius 3 is 2.17 bits per heavy atom. The van der Waals surface area contributed by atoms with Crippen molar-refractivity contribution in [2.45, 2.75) is 96.5 Å². The average Bonchev–Trinajstić information content (AvgIpc) is 2.86. The fraction of sp³-hybridized carbons (Fsp3) is 0.750. The van der Waals surface area contributed by atoms with E-state index in [1.807, 2.05) is 37.2 Å². The second kappa shape index (κ2) is 22.9. The second-order valence-electron chi connectivity index (χ2n) is 9.62. The highest BCUT2D eigenvalue weighted by Gasteiger charge is 2.16. The van der Waals surface area contributed by atoms with Crippen LogP contribution in [0.5, 0.6) is 5.75 Å². The Kier molecular flexibility index (Phi) is 20.9. The average molecular weight is 528 g/mol. The van der Waals surface area contributed by atoms with Gasteiger partial charge in [0.1, 0.15) is 12.4 Å². The lowest BCUT2D eigenvalue weighted by Crippen LogP contribution is -2.26. The van der Waals surface area contributed by atoms with Crippen LogP contribution in [0.1, 0.15) is 89.5 Å². The summed E-state index contributed by atoms with van der Waals surface area (Å²) >= 11 is 0. The van der Waals surface area contributed by atoms with E-state index < -0.39 is 14.7 Å². The Bertz CT molecular complexity index is 648. The zero-order valence-corrected chi connectivity index (χ0v) is 23.8. The van der Waals surface area contributed by atoms with Gasteiger partial charge in [-0.15, -0.1) is 0 Å². The van der Waals surface area contributed by atoms with Crippen LogP contribution in [0.25, 0.3) is 0 Å². The van der Waals surface area contributed by atoms with Crippen molar-refractivity contribution in [1.29, 1.82) is 0 Å². The molecule has 0 fully saturated rings. The molecule has 1 rings (SSSR count). The zero-order chi connectivity index (χ0) is 26.3. The molecule has 2 atom stereocenters. The SMILES string of the molecule is CCCCCCCCCCCCCCc1cccc(OCC(COP(O)OCCN(C)C)OC=O)c1. The molecule has 7 nitrogen and oxygen atoms in total. The molecule has 0 aliphatic carbocycles. The van der Waals surface area contributed by atoms with E-state index in [4.69, 9.17) is 18.5 Å². The van der Waals surface area contributed by atoms with Crippen molar-refractivity contribution in [2.75, 3.05) is 40.5 Å². The van der Waals surface area contributed by atoms with Gasteiger partial charge in [-0.2, -0.15) is 0 Å². The molecule has 1 N–H and O–H groups in total. The Hall–Kier alpha value is -1.24. The molecule has 2 unspecified atom stereocenters. The number of benzene rings is 1. The molecule has 8 heteroatoms. The number of hydrogen-bond donors (Lipinski definition) is 1. The Morgan fingerprint density at radius 2 is 1.56 bits per heavy atom. The summed E-state index contributed by atoms with van der Waals surface area (Å²) in [6, 6.07) is 8.05. The van der Waals surface area contributed by atoms with E-state index in [9.17, 15) is 9.69 Å². The van der Waals surface area contributed by atoms with Gasteiger partial charge in [-0.1, -0.05) is 89.7 Å². The van der Waals surface area contributed by atoms with Crippen LogP contribution in [-0.4, -0.2) is 62.8 Å². The lowest BCUT2D eigenvalue weighted by Gasteiger charge is -2.18. The molecule has 0 aliphatic heterocycles. The van der Waals surface area contributed by atoms with Gasteiger partial charge >= 0.3 is 8.60 Å². The Morgan fingerprint density at radius 1 is 0.917 bits per heavy atom. The van der Waals surface area contributed by atoms with Crippen molar-refractivity contribution >= 4 is 15.1 Å². The maximum absolute atomic E-state index is 10.8. The molecule has 1 aromatic carbocycles. The van der Waals surface area contributed by atoms with E-state index in [1.54, 1.807) is 0 Å². The molecule has 0 heterocycles. The minimum absolute atomic E-state index is 0.00144. The fourth-order valence-corrected chi connectivity index (χ4v) is 4.45. The van der Waals surface area contributed by atoms with Gasteiger partial charge in [-0.3, -0.25) is 4.79 Å². The Labute approximate surface area is 220 Å². The zero-order valence-electron chi connectivity index (χ0n) is 22.9. The molecule has 0 amide bonds. The van der Waals surface area contributed by atoms with Gasteiger partial charge in [0.2, 0.25) is 0 Å². The number of rotatable bonds is 25. The number of aryl methyl sites for hydroxylation is 1. The van der Waals surface area contributed by atoms with Crippen molar-refractivity contribution in [3.8, 4) is 5.75 Å². The predicted octanol–water partition coefficient (Wildman–Crippen LogP) is 6.66. The first-order valence-electron chi connectivity index (χ1n) is 13.8. The van der Waals surface area contributed by atoms with Gasteiger partial charge in [0.25, 0.3) is 6.47 Å². The topological polar surface area (TPSA) is 77.5 Å². The molecule has 208 valence electrons. The summed E-state index contributed by atoms with van der Waals surface area (Å²) in [5.74, 6) is 0.736. The number of carbonyl (C=O) groups excluding carboxylic acids is 1. The first kappa shape index (κ1) is 32.8. The van der Waals surface area contributed by atoms with E-state index >= 15 is 0 Å². The lowest BCUT2D eigenvalue weighted by atomic mass is 10.0. The first-order valence-corrected chi connectivity index (χ1v) is 14.9. The Balaban J connectivity index is 2.19. The van der Waals surface area contributed by atoms with Crippen LogP contribution < -0.4 is 4.74 Å². The van der Waals surface area contributed by atoms with E-state index in [0.717, 1.165) is 12.2 Å². The summed E-state index contributed by atoms with van der Waals surface area (Å²) in [6.45, 7) is 3.81. The molecule has 1 aromatic rings. The normalized spacial score (nSPS) is 13.0. The van der Waals surface area contributed by atoms with Crippen molar-refractivity contribution in [3.05, 3.63) is 29.8 Å². The molecule has 0 aromatic heterocycles. The van der Waals surface area contributed by atoms with E-state index in [1.165, 1.54) is 82.6 Å². The third-order valence-corrected chi connectivity index (χ3v) is 6.79. The summed E-state index contributed by atoms with van der Waals surface area (Å²) in [5.41, 5.74) is 1.25. The van der Waals surface area contributed by atoms with Crippen LogP contribution in [0.2, 0.25) is 0 Å². The lowest BCUT2D eigenvalue weighted by molar-refractivity contribution is -0.136. The van der Waals surface area contributed by atoms with Crippen molar-refractivity contribution < 1.29 is 28.2 Å². The summed E-state index contributed by atoms with van der Waals surface area (Å²) in [4.78, 5) is 22.6. The highest BCUT2D eigenvalue weighted by molar-refractivity contribution is 7.40. The van der Waals surface area contributed by atoms with Gasteiger partial charge < -0.3 is 28.3 Å². The van der Waals surface area contributed by atoms with Crippen molar-refractivity contribution in [2.24, 2.45) is 0 Å². The van der Waals surface area contributed by atoms with Crippen LogP contribution in [0, 0.1) is 0 Å². The fourth-order valence-electron chi connectivity index (χ4n) is 3.84. The van der Waals surface area contributed by atoms with Gasteiger partial charge in [0, 0.05) is 6.54 Å². The van der Waals surface area contributed by atoms with E-state index in [-0.39, 0.29) is 13.2 Å². The molecule has 0 saturated carbocycles. The van der Waals surface area contributed by atoms with Crippen LogP contribution in [0.4, 0.5) is 0 Å². The maximum atomic E-state index is 10.8. The summed E-state index contributed by atoms with van der Waals surface area (Å²) in [5, 5.41) is 0. The van der Waals surface area contributed by atoms with E-state index in [2.05, 4.69) is 13.0 Å². The number of likely N-dealkylation sites (N-methyl/N-ethyl adjacent to an activating group) is 1. The van der Waals surface area contributed by atoms with Gasteiger partial charge in [-0.05, 0) is 44.6 Å². The smallest absolute Gasteiger partial charge is 0.330 e. The highest BCUT2D eigenvalue weighted by atomic mass is 31.2. The summed E-state index contributed by atoms with van der Waals surface area (Å²) < 4.78 is 21.4. The molecule has 0 spiro atoms. The number of ether oxygens (including phenoxy) is 2. The standard InChI is InChI=1S/C28H50NO6P/c1-4-5-6-7-8-9-10-11-12-13-14-15-17-26-18-16-19-27(22-26)32-23-28(33-25-30)24-35-36(31)34-21-20-29(2)3/h16,18-19,22,25,28,31H,4-15,17,20-21,23-24H2,1-3H3. The van der Waals surface area contributed by atoms with Crippen molar-refractivity contribution in [1.82, 2.24) is 4.90 Å². The molecule has 0 radical (unpaired) electrons. The third-order valence-electron chi connectivity index (χ3n) is 6.01. The van der Waals surface area contributed by atoms with Crippen LogP contribution >= 0.6 is 8.60 Å². The first-order chi connectivity index (χ1) is 17.5. The quantitative estimate of drug-likeness (QED) is 0.0865. The summed E-state index contributed by atoms with van der Waals surface area (Å²) in [6.07, 6.45) is 16.6. The molecule has 0 saturated heterocycles. The maximum Gasteiger partial charge on any atom is 0.330 e. The molecule has 36 heavy (non-hydrogen) atoms. The third kappa shape index (κ3) is 18.9. The molecule has 0 aliphatic rings. The van der Waals surface area contributed by atoms with Crippen LogP contribution in [0.15, 0.2) is 24.3 Å². The van der Waals surface area contributed by atoms with E-state index in [0.29, 0.717) is 19.6 Å². The molecular formula is C28H50NO6P. The highest BCUT2D eigenvalue weighted by Crippen LogP contribution is 2.32. The van der Waals surface area contributed by atoms with Gasteiger partial charge in [-0.25, -0.2) is 0 Å². The monoisotopic (exact) mass is 527 g/mol. The summed E-state index contributed by atoms with van der Waals surface area (Å²) in [7, 11) is 1.82.